The lowest BCUT2D eigenvalue weighted by atomic mass is 10.1. The van der Waals surface area contributed by atoms with Crippen molar-refractivity contribution in [3.63, 3.8) is 0 Å². The van der Waals surface area contributed by atoms with E-state index < -0.39 is 33.9 Å². The van der Waals surface area contributed by atoms with Crippen LogP contribution in [-0.2, 0) is 19.0 Å². The molecule has 1 rings (SSSR count). The summed E-state index contributed by atoms with van der Waals surface area (Å²) in [5.74, 6) is 0. The van der Waals surface area contributed by atoms with Crippen LogP contribution in [-0.4, -0.2) is 79.7 Å². The van der Waals surface area contributed by atoms with Gasteiger partial charge in [0.25, 0.3) is 10.1 Å². The predicted octanol–water partition coefficient (Wildman–Crippen LogP) is 0.952. The number of piperazine rings is 1. The second kappa shape index (κ2) is 7.35. The van der Waals surface area contributed by atoms with Gasteiger partial charge in [0.2, 0.25) is 0 Å². The fourth-order valence-corrected chi connectivity index (χ4v) is 2.57. The second-order valence-corrected chi connectivity index (χ2v) is 8.01. The van der Waals surface area contributed by atoms with Crippen LogP contribution in [0.1, 0.15) is 27.2 Å². The van der Waals surface area contributed by atoms with Gasteiger partial charge in [-0.25, -0.2) is 9.59 Å². The molecule has 0 aliphatic carbocycles. The number of carbonyl (C=O) groups is 2. The molecular weight excluding hydrogens is 328 g/mol. The van der Waals surface area contributed by atoms with Crippen LogP contribution < -0.4 is 0 Å². The SMILES string of the molecule is CC(C)(C)OC(=O)N1CCN(C(=O)O)C[C@H]1CCOS(C)(=O)=O. The zero-order valence-electron chi connectivity index (χ0n) is 13.8. The Hall–Kier alpha value is -1.55. The van der Waals surface area contributed by atoms with Crippen molar-refractivity contribution in [1.29, 1.82) is 0 Å². The van der Waals surface area contributed by atoms with E-state index in [-0.39, 0.29) is 32.7 Å². The minimum Gasteiger partial charge on any atom is -0.465 e. The summed E-state index contributed by atoms with van der Waals surface area (Å²) in [6.07, 6.45) is -0.506. The molecule has 2 amide bonds. The molecule has 23 heavy (non-hydrogen) atoms. The molecule has 1 atom stereocenters. The van der Waals surface area contributed by atoms with Crippen molar-refractivity contribution in [2.45, 2.75) is 38.8 Å². The van der Waals surface area contributed by atoms with Crippen LogP contribution in [0.3, 0.4) is 0 Å². The van der Waals surface area contributed by atoms with Crippen molar-refractivity contribution in [2.24, 2.45) is 0 Å². The van der Waals surface area contributed by atoms with Crippen molar-refractivity contribution in [2.75, 3.05) is 32.5 Å². The lowest BCUT2D eigenvalue weighted by Gasteiger charge is -2.40. The third-order valence-corrected chi connectivity index (χ3v) is 3.72. The normalized spacial score (nSPS) is 19.6. The van der Waals surface area contributed by atoms with Crippen molar-refractivity contribution < 1.29 is 32.0 Å². The molecule has 0 radical (unpaired) electrons. The Balaban J connectivity index is 2.76. The molecule has 0 bridgehead atoms. The number of ether oxygens (including phenoxy) is 1. The van der Waals surface area contributed by atoms with E-state index in [1.807, 2.05) is 0 Å². The summed E-state index contributed by atoms with van der Waals surface area (Å²) in [5, 5.41) is 9.09. The van der Waals surface area contributed by atoms with Crippen LogP contribution in [0.2, 0.25) is 0 Å². The van der Waals surface area contributed by atoms with Crippen LogP contribution in [0.5, 0.6) is 0 Å². The largest absolute Gasteiger partial charge is 0.465 e. The van der Waals surface area contributed by atoms with Crippen LogP contribution in [0.25, 0.3) is 0 Å². The fourth-order valence-electron chi connectivity index (χ4n) is 2.17. The van der Waals surface area contributed by atoms with Gasteiger partial charge < -0.3 is 19.6 Å². The average molecular weight is 352 g/mol. The van der Waals surface area contributed by atoms with Gasteiger partial charge in [0, 0.05) is 19.6 Å². The van der Waals surface area contributed by atoms with E-state index in [4.69, 9.17) is 9.84 Å². The van der Waals surface area contributed by atoms with Gasteiger partial charge in [-0.2, -0.15) is 8.42 Å². The maximum Gasteiger partial charge on any atom is 0.410 e. The number of carbonyl (C=O) groups excluding carboxylic acids is 1. The fraction of sp³-hybridized carbons (Fsp3) is 0.846. The van der Waals surface area contributed by atoms with Crippen LogP contribution in [0, 0.1) is 0 Å². The smallest absolute Gasteiger partial charge is 0.410 e. The molecule has 0 unspecified atom stereocenters. The monoisotopic (exact) mass is 352 g/mol. The number of hydrogen-bond donors (Lipinski definition) is 1. The minimum atomic E-state index is -3.59. The predicted molar refractivity (Wildman–Crippen MR) is 81.7 cm³/mol. The minimum absolute atomic E-state index is 0.0850. The van der Waals surface area contributed by atoms with Crippen LogP contribution in [0.15, 0.2) is 0 Å². The number of amides is 2. The zero-order chi connectivity index (χ0) is 17.8. The Morgan fingerprint density at radius 3 is 2.35 bits per heavy atom. The van der Waals surface area contributed by atoms with Gasteiger partial charge in [-0.3, -0.25) is 4.18 Å². The average Bonchev–Trinajstić information content (AvgIpc) is 2.34. The van der Waals surface area contributed by atoms with E-state index in [0.29, 0.717) is 0 Å². The Kier molecular flexibility index (Phi) is 6.23. The van der Waals surface area contributed by atoms with Gasteiger partial charge in [0.05, 0.1) is 18.9 Å². The first-order valence-corrected chi connectivity index (χ1v) is 9.02. The molecule has 1 heterocycles. The molecule has 0 aromatic carbocycles. The molecule has 0 spiro atoms. The molecule has 9 nitrogen and oxygen atoms in total. The lowest BCUT2D eigenvalue weighted by Crippen LogP contribution is -2.57. The summed E-state index contributed by atoms with van der Waals surface area (Å²) in [7, 11) is -3.59. The van der Waals surface area contributed by atoms with Crippen LogP contribution >= 0.6 is 0 Å². The van der Waals surface area contributed by atoms with E-state index in [2.05, 4.69) is 4.18 Å². The summed E-state index contributed by atoms with van der Waals surface area (Å²) in [5.41, 5.74) is -0.672. The van der Waals surface area contributed by atoms with E-state index in [9.17, 15) is 18.0 Å². The van der Waals surface area contributed by atoms with E-state index in [1.165, 1.54) is 9.80 Å². The quantitative estimate of drug-likeness (QED) is 0.749. The van der Waals surface area contributed by atoms with Crippen molar-refractivity contribution >= 4 is 22.3 Å². The third-order valence-electron chi connectivity index (χ3n) is 3.13. The molecule has 0 aromatic rings. The maximum atomic E-state index is 12.2. The topological polar surface area (TPSA) is 113 Å². The highest BCUT2D eigenvalue weighted by atomic mass is 32.2. The zero-order valence-corrected chi connectivity index (χ0v) is 14.6. The highest BCUT2D eigenvalue weighted by Crippen LogP contribution is 2.18. The number of nitrogens with zero attached hydrogens (tertiary/aromatic N) is 2. The van der Waals surface area contributed by atoms with Gasteiger partial charge in [0.15, 0.2) is 0 Å². The first-order chi connectivity index (χ1) is 10.4. The number of hydrogen-bond acceptors (Lipinski definition) is 6. The van der Waals surface area contributed by atoms with Crippen molar-refractivity contribution in [1.82, 2.24) is 9.80 Å². The lowest BCUT2D eigenvalue weighted by molar-refractivity contribution is -0.00292. The Morgan fingerprint density at radius 1 is 1.26 bits per heavy atom. The van der Waals surface area contributed by atoms with E-state index >= 15 is 0 Å². The molecule has 134 valence electrons. The highest BCUT2D eigenvalue weighted by Gasteiger charge is 2.34. The summed E-state index contributed by atoms with van der Waals surface area (Å²) in [6.45, 7) is 5.53. The molecule has 10 heteroatoms. The molecular formula is C13H24N2O7S. The Morgan fingerprint density at radius 2 is 1.87 bits per heavy atom. The first-order valence-electron chi connectivity index (χ1n) is 7.21. The summed E-state index contributed by atoms with van der Waals surface area (Å²) >= 11 is 0. The van der Waals surface area contributed by atoms with Crippen molar-refractivity contribution in [3.8, 4) is 0 Å². The Labute approximate surface area is 136 Å². The third kappa shape index (κ3) is 7.04. The van der Waals surface area contributed by atoms with Gasteiger partial charge in [-0.1, -0.05) is 0 Å². The number of carboxylic acid groups (broad SMARTS) is 1. The summed E-state index contributed by atoms with van der Waals surface area (Å²) < 4.78 is 32.0. The van der Waals surface area contributed by atoms with Gasteiger partial charge in [0.1, 0.15) is 5.60 Å². The molecule has 1 fully saturated rings. The van der Waals surface area contributed by atoms with E-state index in [1.54, 1.807) is 20.8 Å². The maximum absolute atomic E-state index is 12.2. The molecule has 0 aromatic heterocycles. The molecule has 1 N–H and O–H groups in total. The summed E-state index contributed by atoms with van der Waals surface area (Å²) in [6, 6.07) is -0.503. The van der Waals surface area contributed by atoms with Gasteiger partial charge in [-0.05, 0) is 27.2 Å². The Bertz CT molecular complexity index is 541. The van der Waals surface area contributed by atoms with Gasteiger partial charge in [-0.15, -0.1) is 0 Å². The second-order valence-electron chi connectivity index (χ2n) is 6.37. The standard InChI is InChI=1S/C13H24N2O7S/c1-13(2,3)22-12(18)15-7-6-14(11(16)17)9-10(15)5-8-21-23(4,19)20/h10H,5-9H2,1-4H3,(H,16,17)/t10-/m1/s1. The first kappa shape index (κ1) is 19.5. The van der Waals surface area contributed by atoms with E-state index in [0.717, 1.165) is 6.26 Å². The van der Waals surface area contributed by atoms with Gasteiger partial charge >= 0.3 is 12.2 Å². The molecule has 1 aliphatic heterocycles. The highest BCUT2D eigenvalue weighted by molar-refractivity contribution is 7.85. The number of rotatable bonds is 4. The molecule has 1 saturated heterocycles. The van der Waals surface area contributed by atoms with Crippen LogP contribution in [0.4, 0.5) is 9.59 Å². The molecule has 0 saturated carbocycles. The summed E-state index contributed by atoms with van der Waals surface area (Å²) in [4.78, 5) is 26.0. The molecule has 1 aliphatic rings. The van der Waals surface area contributed by atoms with Crippen molar-refractivity contribution in [3.05, 3.63) is 0 Å².